The van der Waals surface area contributed by atoms with E-state index in [1.165, 1.54) is 0 Å². The minimum absolute atomic E-state index is 0.677. The van der Waals surface area contributed by atoms with Gasteiger partial charge in [0.2, 0.25) is 0 Å². The average molecular weight is 296 g/mol. The minimum atomic E-state index is 0.677. The van der Waals surface area contributed by atoms with Crippen molar-refractivity contribution < 1.29 is 14.2 Å². The van der Waals surface area contributed by atoms with Crippen molar-refractivity contribution in [2.24, 2.45) is 5.92 Å². The van der Waals surface area contributed by atoms with Crippen molar-refractivity contribution in [2.45, 2.75) is 20.4 Å². The van der Waals surface area contributed by atoms with E-state index in [4.69, 9.17) is 14.2 Å². The molecule has 1 aromatic rings. The van der Waals surface area contributed by atoms with Gasteiger partial charge in [-0.3, -0.25) is 0 Å². The molecular formula is C16H28N2O3. The molecule has 0 radical (unpaired) electrons. The zero-order valence-corrected chi connectivity index (χ0v) is 13.8. The van der Waals surface area contributed by atoms with E-state index < -0.39 is 0 Å². The van der Waals surface area contributed by atoms with Crippen LogP contribution in [0.5, 0.6) is 17.2 Å². The summed E-state index contributed by atoms with van der Waals surface area (Å²) in [6, 6.07) is 3.80. The van der Waals surface area contributed by atoms with Gasteiger partial charge in [0.05, 0.1) is 21.3 Å². The van der Waals surface area contributed by atoms with Gasteiger partial charge in [0.1, 0.15) is 5.75 Å². The van der Waals surface area contributed by atoms with Crippen LogP contribution in [0.1, 0.15) is 19.4 Å². The summed E-state index contributed by atoms with van der Waals surface area (Å²) in [5.41, 5.74) is 1.05. The van der Waals surface area contributed by atoms with E-state index in [0.29, 0.717) is 17.4 Å². The molecule has 0 aliphatic heterocycles. The van der Waals surface area contributed by atoms with Gasteiger partial charge in [-0.2, -0.15) is 0 Å². The Morgan fingerprint density at radius 2 is 1.43 bits per heavy atom. The number of hydrogen-bond donors (Lipinski definition) is 2. The van der Waals surface area contributed by atoms with E-state index in [2.05, 4.69) is 24.5 Å². The standard InChI is InChI=1S/C16H28N2O3/c1-12(2)10-17-6-7-18-11-13-8-15(20-4)16(21-5)9-14(13)19-3/h8-9,12,17-18H,6-7,10-11H2,1-5H3. The van der Waals surface area contributed by atoms with Crippen LogP contribution in [0.4, 0.5) is 0 Å². The van der Waals surface area contributed by atoms with Gasteiger partial charge in [-0.05, 0) is 18.5 Å². The van der Waals surface area contributed by atoms with Crippen LogP contribution in [0.25, 0.3) is 0 Å². The lowest BCUT2D eigenvalue weighted by molar-refractivity contribution is 0.347. The van der Waals surface area contributed by atoms with Crippen molar-refractivity contribution in [3.63, 3.8) is 0 Å². The highest BCUT2D eigenvalue weighted by Crippen LogP contribution is 2.34. The van der Waals surface area contributed by atoms with Crippen molar-refractivity contribution in [1.82, 2.24) is 10.6 Å². The van der Waals surface area contributed by atoms with Crippen LogP contribution in [0.3, 0.4) is 0 Å². The molecule has 1 aromatic carbocycles. The molecule has 120 valence electrons. The van der Waals surface area contributed by atoms with Gasteiger partial charge in [0.25, 0.3) is 0 Å². The Morgan fingerprint density at radius 1 is 0.857 bits per heavy atom. The molecule has 0 fully saturated rings. The van der Waals surface area contributed by atoms with Gasteiger partial charge in [-0.25, -0.2) is 0 Å². The monoisotopic (exact) mass is 296 g/mol. The van der Waals surface area contributed by atoms with Crippen LogP contribution < -0.4 is 24.8 Å². The first-order valence-electron chi connectivity index (χ1n) is 7.32. The molecule has 21 heavy (non-hydrogen) atoms. The van der Waals surface area contributed by atoms with Gasteiger partial charge >= 0.3 is 0 Å². The van der Waals surface area contributed by atoms with Crippen molar-refractivity contribution in [3.05, 3.63) is 17.7 Å². The first kappa shape index (κ1) is 17.6. The molecule has 0 unspecified atom stereocenters. The van der Waals surface area contributed by atoms with Crippen LogP contribution in [-0.4, -0.2) is 41.0 Å². The zero-order valence-electron chi connectivity index (χ0n) is 13.8. The summed E-state index contributed by atoms with van der Waals surface area (Å²) >= 11 is 0. The fraction of sp³-hybridized carbons (Fsp3) is 0.625. The summed E-state index contributed by atoms with van der Waals surface area (Å²) in [5, 5.41) is 6.80. The third-order valence-corrected chi connectivity index (χ3v) is 3.13. The van der Waals surface area contributed by atoms with Crippen LogP contribution in [0.15, 0.2) is 12.1 Å². The quantitative estimate of drug-likeness (QED) is 0.647. The SMILES string of the molecule is COc1cc(OC)c(OC)cc1CNCCNCC(C)C. The highest BCUT2D eigenvalue weighted by molar-refractivity contribution is 5.50. The summed E-state index contributed by atoms with van der Waals surface area (Å²) in [6.07, 6.45) is 0. The van der Waals surface area contributed by atoms with E-state index >= 15 is 0 Å². The predicted molar refractivity (Wildman–Crippen MR) is 85.5 cm³/mol. The molecule has 1 rings (SSSR count). The molecule has 5 nitrogen and oxygen atoms in total. The zero-order chi connectivity index (χ0) is 15.7. The Labute approximate surface area is 128 Å². The number of ether oxygens (including phenoxy) is 3. The lowest BCUT2D eigenvalue weighted by atomic mass is 10.1. The number of nitrogens with one attached hydrogen (secondary N) is 2. The van der Waals surface area contributed by atoms with Gasteiger partial charge < -0.3 is 24.8 Å². The molecule has 0 saturated heterocycles. The molecule has 0 aliphatic carbocycles. The van der Waals surface area contributed by atoms with E-state index in [0.717, 1.165) is 37.5 Å². The van der Waals surface area contributed by atoms with Gasteiger partial charge in [0.15, 0.2) is 11.5 Å². The molecule has 0 spiro atoms. The highest BCUT2D eigenvalue weighted by atomic mass is 16.5. The topological polar surface area (TPSA) is 51.8 Å². The van der Waals surface area contributed by atoms with Crippen molar-refractivity contribution in [2.75, 3.05) is 41.0 Å². The maximum Gasteiger partial charge on any atom is 0.164 e. The Hall–Kier alpha value is -1.46. The first-order valence-corrected chi connectivity index (χ1v) is 7.32. The molecule has 0 saturated carbocycles. The fourth-order valence-corrected chi connectivity index (χ4v) is 2.02. The second-order valence-corrected chi connectivity index (χ2v) is 5.29. The Balaban J connectivity index is 2.53. The van der Waals surface area contributed by atoms with E-state index in [-0.39, 0.29) is 0 Å². The fourth-order valence-electron chi connectivity index (χ4n) is 2.02. The number of hydrogen-bond acceptors (Lipinski definition) is 5. The molecule has 5 heteroatoms. The van der Waals surface area contributed by atoms with Crippen molar-refractivity contribution in [1.29, 1.82) is 0 Å². The van der Waals surface area contributed by atoms with Crippen LogP contribution >= 0.6 is 0 Å². The van der Waals surface area contributed by atoms with Crippen molar-refractivity contribution >= 4 is 0 Å². The molecule has 0 amide bonds. The Kier molecular flexibility index (Phi) is 7.93. The molecular weight excluding hydrogens is 268 g/mol. The van der Waals surface area contributed by atoms with Crippen LogP contribution in [0.2, 0.25) is 0 Å². The maximum absolute atomic E-state index is 5.41. The number of benzene rings is 1. The van der Waals surface area contributed by atoms with E-state index in [1.54, 1.807) is 21.3 Å². The van der Waals surface area contributed by atoms with Crippen LogP contribution in [-0.2, 0) is 6.54 Å². The lowest BCUT2D eigenvalue weighted by Gasteiger charge is -2.15. The summed E-state index contributed by atoms with van der Waals surface area (Å²) < 4.78 is 16.0. The van der Waals surface area contributed by atoms with Crippen molar-refractivity contribution in [3.8, 4) is 17.2 Å². The average Bonchev–Trinajstić information content (AvgIpc) is 2.49. The molecule has 0 aliphatic rings. The third kappa shape index (κ3) is 5.81. The number of rotatable bonds is 10. The normalized spacial score (nSPS) is 10.8. The first-order chi connectivity index (χ1) is 10.1. The molecule has 0 bridgehead atoms. The largest absolute Gasteiger partial charge is 0.496 e. The summed E-state index contributed by atoms with van der Waals surface area (Å²) in [4.78, 5) is 0. The maximum atomic E-state index is 5.41. The van der Waals surface area contributed by atoms with Crippen LogP contribution in [0, 0.1) is 5.92 Å². The smallest absolute Gasteiger partial charge is 0.164 e. The Morgan fingerprint density at radius 3 is 2.00 bits per heavy atom. The second-order valence-electron chi connectivity index (χ2n) is 5.29. The summed E-state index contributed by atoms with van der Waals surface area (Å²) in [5.74, 6) is 2.87. The molecule has 0 aromatic heterocycles. The van der Waals surface area contributed by atoms with E-state index in [1.807, 2.05) is 12.1 Å². The second kappa shape index (κ2) is 9.47. The highest BCUT2D eigenvalue weighted by Gasteiger charge is 2.11. The molecule has 0 atom stereocenters. The third-order valence-electron chi connectivity index (χ3n) is 3.13. The summed E-state index contributed by atoms with van der Waals surface area (Å²) in [7, 11) is 4.92. The predicted octanol–water partition coefficient (Wildman–Crippen LogP) is 2.05. The minimum Gasteiger partial charge on any atom is -0.496 e. The van der Waals surface area contributed by atoms with Gasteiger partial charge in [-0.15, -0.1) is 0 Å². The summed E-state index contributed by atoms with van der Waals surface area (Å²) in [6.45, 7) is 8.04. The van der Waals surface area contributed by atoms with E-state index in [9.17, 15) is 0 Å². The molecule has 0 heterocycles. The lowest BCUT2D eigenvalue weighted by Crippen LogP contribution is -2.29. The van der Waals surface area contributed by atoms with Gasteiger partial charge in [-0.1, -0.05) is 13.8 Å². The number of methoxy groups -OCH3 is 3. The Bertz CT molecular complexity index is 422. The molecule has 2 N–H and O–H groups in total. The van der Waals surface area contributed by atoms with Gasteiger partial charge in [0, 0.05) is 31.3 Å².